The van der Waals surface area contributed by atoms with Crippen molar-refractivity contribution in [2.75, 3.05) is 7.11 Å². The van der Waals surface area contributed by atoms with Crippen LogP contribution in [0.5, 0.6) is 17.2 Å². The molecule has 0 saturated carbocycles. The number of ether oxygens (including phenoxy) is 3. The van der Waals surface area contributed by atoms with Crippen LogP contribution in [0, 0.1) is 6.92 Å². The summed E-state index contributed by atoms with van der Waals surface area (Å²) in [7, 11) is 1.31. The maximum absolute atomic E-state index is 12.4. The Morgan fingerprint density at radius 2 is 1.90 bits per heavy atom. The Labute approximate surface area is 163 Å². The highest BCUT2D eigenvalue weighted by molar-refractivity contribution is 5.89. The smallest absolute Gasteiger partial charge is 0.387 e. The summed E-state index contributed by atoms with van der Waals surface area (Å²) < 4.78 is 44.4. The van der Waals surface area contributed by atoms with Crippen LogP contribution in [0.4, 0.5) is 8.78 Å². The van der Waals surface area contributed by atoms with Gasteiger partial charge in [0.25, 0.3) is 0 Å². The molecule has 0 spiro atoms. The fraction of sp³-hybridized carbons (Fsp3) is 0.143. The van der Waals surface area contributed by atoms with Crippen LogP contribution < -0.4 is 19.8 Å². The number of rotatable bonds is 6. The molecule has 150 valence electrons. The molecule has 0 fully saturated rings. The fourth-order valence-electron chi connectivity index (χ4n) is 2.66. The van der Waals surface area contributed by atoms with E-state index in [1.165, 1.54) is 49.6 Å². The zero-order valence-electron chi connectivity index (χ0n) is 15.5. The van der Waals surface area contributed by atoms with Crippen molar-refractivity contribution in [2.45, 2.75) is 13.5 Å². The average Bonchev–Trinajstić information content (AvgIpc) is 2.66. The minimum Gasteiger partial charge on any atom is -0.493 e. The van der Waals surface area contributed by atoms with Gasteiger partial charge in [-0.05, 0) is 48.4 Å². The Bertz CT molecular complexity index is 1130. The lowest BCUT2D eigenvalue weighted by Crippen LogP contribution is -2.04. The minimum atomic E-state index is -2.98. The second-order valence-electron chi connectivity index (χ2n) is 5.95. The number of esters is 1. The molecule has 0 atom stereocenters. The summed E-state index contributed by atoms with van der Waals surface area (Å²) in [6.45, 7) is -1.20. The SMILES string of the molecule is COc1cc(/C=C/C(=O)Oc2ccc3c(C)cc(=O)oc3c2)ccc1OC(F)F. The summed E-state index contributed by atoms with van der Waals surface area (Å²) in [6.07, 6.45) is 2.60. The largest absolute Gasteiger partial charge is 0.493 e. The van der Waals surface area contributed by atoms with E-state index in [0.29, 0.717) is 11.1 Å². The molecule has 3 aromatic rings. The highest BCUT2D eigenvalue weighted by Crippen LogP contribution is 2.30. The van der Waals surface area contributed by atoms with Crippen LogP contribution in [-0.2, 0) is 4.79 Å². The van der Waals surface area contributed by atoms with Crippen LogP contribution in [-0.4, -0.2) is 19.7 Å². The van der Waals surface area contributed by atoms with Crippen LogP contribution >= 0.6 is 0 Å². The molecule has 3 rings (SSSR count). The van der Waals surface area contributed by atoms with Gasteiger partial charge in [0.15, 0.2) is 11.5 Å². The number of halogens is 2. The molecular formula is C21H16F2O6. The summed E-state index contributed by atoms with van der Waals surface area (Å²) in [5, 5.41) is 0.734. The van der Waals surface area contributed by atoms with Gasteiger partial charge >= 0.3 is 18.2 Å². The van der Waals surface area contributed by atoms with Crippen molar-refractivity contribution in [3.63, 3.8) is 0 Å². The molecule has 0 aliphatic carbocycles. The molecule has 0 aliphatic heterocycles. The second-order valence-corrected chi connectivity index (χ2v) is 5.95. The second kappa shape index (κ2) is 8.55. The van der Waals surface area contributed by atoms with Gasteiger partial charge in [0.05, 0.1) is 7.11 Å². The number of carbonyl (C=O) groups excluding carboxylic acids is 1. The van der Waals surface area contributed by atoms with E-state index in [1.807, 2.05) is 0 Å². The van der Waals surface area contributed by atoms with Crippen molar-refractivity contribution in [1.29, 1.82) is 0 Å². The molecule has 6 nitrogen and oxygen atoms in total. The zero-order valence-corrected chi connectivity index (χ0v) is 15.5. The van der Waals surface area contributed by atoms with E-state index in [1.54, 1.807) is 19.1 Å². The lowest BCUT2D eigenvalue weighted by atomic mass is 10.1. The van der Waals surface area contributed by atoms with E-state index in [4.69, 9.17) is 13.9 Å². The Kier molecular flexibility index (Phi) is 5.92. The van der Waals surface area contributed by atoms with E-state index in [0.717, 1.165) is 10.9 Å². The first-order valence-electron chi connectivity index (χ1n) is 8.43. The van der Waals surface area contributed by atoms with Crippen molar-refractivity contribution >= 4 is 23.0 Å². The van der Waals surface area contributed by atoms with Gasteiger partial charge in [0.1, 0.15) is 11.3 Å². The average molecular weight is 402 g/mol. The first kappa shape index (κ1) is 20.1. The van der Waals surface area contributed by atoms with E-state index in [2.05, 4.69) is 4.74 Å². The van der Waals surface area contributed by atoms with Gasteiger partial charge in [-0.3, -0.25) is 0 Å². The van der Waals surface area contributed by atoms with Gasteiger partial charge in [-0.1, -0.05) is 6.07 Å². The number of aryl methyl sites for hydroxylation is 1. The van der Waals surface area contributed by atoms with Gasteiger partial charge < -0.3 is 18.6 Å². The van der Waals surface area contributed by atoms with Crippen LogP contribution in [0.2, 0.25) is 0 Å². The molecule has 0 N–H and O–H groups in total. The van der Waals surface area contributed by atoms with Crippen LogP contribution in [0.15, 0.2) is 57.8 Å². The monoisotopic (exact) mass is 402 g/mol. The lowest BCUT2D eigenvalue weighted by Gasteiger charge is -2.10. The predicted molar refractivity (Wildman–Crippen MR) is 102 cm³/mol. The summed E-state index contributed by atoms with van der Waals surface area (Å²) in [6, 6.07) is 10.3. The first-order chi connectivity index (χ1) is 13.9. The van der Waals surface area contributed by atoms with Gasteiger partial charge in [-0.2, -0.15) is 8.78 Å². The summed E-state index contributed by atoms with van der Waals surface area (Å²) in [4.78, 5) is 23.6. The molecule has 0 saturated heterocycles. The molecule has 1 aromatic heterocycles. The molecule has 8 heteroatoms. The predicted octanol–water partition coefficient (Wildman–Crippen LogP) is 4.33. The fourth-order valence-corrected chi connectivity index (χ4v) is 2.66. The normalized spacial score (nSPS) is 11.2. The van der Waals surface area contributed by atoms with Crippen molar-refractivity contribution in [1.82, 2.24) is 0 Å². The minimum absolute atomic E-state index is 0.0979. The third-order valence-corrected chi connectivity index (χ3v) is 3.96. The highest BCUT2D eigenvalue weighted by atomic mass is 19.3. The van der Waals surface area contributed by atoms with Crippen molar-refractivity contribution in [3.05, 3.63) is 70.1 Å². The number of carbonyl (C=O) groups is 1. The molecule has 2 aromatic carbocycles. The zero-order chi connectivity index (χ0) is 21.0. The van der Waals surface area contributed by atoms with Gasteiger partial charge in [0, 0.05) is 23.6 Å². The first-order valence-corrected chi connectivity index (χ1v) is 8.43. The lowest BCUT2D eigenvalue weighted by molar-refractivity contribution is -0.128. The van der Waals surface area contributed by atoms with E-state index in [-0.39, 0.29) is 17.2 Å². The number of methoxy groups -OCH3 is 1. The van der Waals surface area contributed by atoms with Crippen molar-refractivity contribution in [3.8, 4) is 17.2 Å². The molecule has 0 aliphatic rings. The Hall–Kier alpha value is -3.68. The maximum Gasteiger partial charge on any atom is 0.387 e. The third-order valence-electron chi connectivity index (χ3n) is 3.96. The molecule has 0 radical (unpaired) electrons. The number of hydrogen-bond donors (Lipinski definition) is 0. The Morgan fingerprint density at radius 3 is 2.62 bits per heavy atom. The molecule has 29 heavy (non-hydrogen) atoms. The van der Waals surface area contributed by atoms with Crippen molar-refractivity contribution in [2.24, 2.45) is 0 Å². The van der Waals surface area contributed by atoms with E-state index < -0.39 is 18.2 Å². The Balaban J connectivity index is 1.74. The third kappa shape index (κ3) is 4.98. The highest BCUT2D eigenvalue weighted by Gasteiger charge is 2.11. The van der Waals surface area contributed by atoms with Crippen LogP contribution in [0.3, 0.4) is 0 Å². The molecule has 1 heterocycles. The van der Waals surface area contributed by atoms with Crippen LogP contribution in [0.25, 0.3) is 17.0 Å². The topological polar surface area (TPSA) is 75.0 Å². The molecule has 0 amide bonds. The number of hydrogen-bond acceptors (Lipinski definition) is 6. The van der Waals surface area contributed by atoms with Gasteiger partial charge in [-0.15, -0.1) is 0 Å². The van der Waals surface area contributed by atoms with E-state index in [9.17, 15) is 18.4 Å². The quantitative estimate of drug-likeness (QED) is 0.264. The van der Waals surface area contributed by atoms with E-state index >= 15 is 0 Å². The summed E-state index contributed by atoms with van der Waals surface area (Å²) >= 11 is 0. The molecule has 0 bridgehead atoms. The number of fused-ring (bicyclic) bond motifs is 1. The summed E-state index contributed by atoms with van der Waals surface area (Å²) in [5.74, 6) is -0.485. The van der Waals surface area contributed by atoms with Gasteiger partial charge in [-0.25, -0.2) is 9.59 Å². The molecular weight excluding hydrogens is 386 g/mol. The van der Waals surface area contributed by atoms with Crippen LogP contribution in [0.1, 0.15) is 11.1 Å². The Morgan fingerprint density at radius 1 is 1.10 bits per heavy atom. The molecule has 0 unspecified atom stereocenters. The number of benzene rings is 2. The standard InChI is InChI=1S/C21H16F2O6/c1-12-9-20(25)28-17-11-14(5-6-15(12)17)27-19(24)8-4-13-3-7-16(29-21(22)23)18(10-13)26-2/h3-11,21H,1-2H3/b8-4+. The maximum atomic E-state index is 12.4. The summed E-state index contributed by atoms with van der Waals surface area (Å²) in [5.41, 5.74) is 1.08. The van der Waals surface area contributed by atoms with Gasteiger partial charge in [0.2, 0.25) is 0 Å². The van der Waals surface area contributed by atoms with Crippen molar-refractivity contribution < 1.29 is 32.2 Å². The number of alkyl halides is 2.